The second-order valence-electron chi connectivity index (χ2n) is 5.67. The normalized spacial score (nSPS) is 11.8. The van der Waals surface area contributed by atoms with E-state index in [9.17, 15) is 4.79 Å². The third-order valence-electron chi connectivity index (χ3n) is 3.75. The van der Waals surface area contributed by atoms with Gasteiger partial charge in [-0.15, -0.1) is 0 Å². The zero-order chi connectivity index (χ0) is 16.1. The third kappa shape index (κ3) is 4.10. The van der Waals surface area contributed by atoms with Crippen LogP contribution >= 0.6 is 0 Å². The topological polar surface area (TPSA) is 38.3 Å². The predicted octanol–water partition coefficient (Wildman–Crippen LogP) is 3.70. The van der Waals surface area contributed by atoms with Gasteiger partial charge in [-0.25, -0.2) is 0 Å². The minimum Gasteiger partial charge on any atom is -0.481 e. The summed E-state index contributed by atoms with van der Waals surface area (Å²) in [5.74, 6) is 0.669. The smallest absolute Gasteiger partial charge is 0.261 e. The molecule has 0 radical (unpaired) electrons. The first-order valence-electron chi connectivity index (χ1n) is 7.53. The maximum atomic E-state index is 12.2. The van der Waals surface area contributed by atoms with Gasteiger partial charge in [-0.05, 0) is 56.0 Å². The summed E-state index contributed by atoms with van der Waals surface area (Å²) in [4.78, 5) is 12.2. The van der Waals surface area contributed by atoms with Crippen molar-refractivity contribution in [1.29, 1.82) is 0 Å². The Labute approximate surface area is 132 Å². The van der Waals surface area contributed by atoms with Crippen molar-refractivity contribution in [2.24, 2.45) is 0 Å². The highest BCUT2D eigenvalue weighted by atomic mass is 16.5. The fourth-order valence-electron chi connectivity index (χ4n) is 2.30. The number of carbonyl (C=O) groups is 1. The maximum Gasteiger partial charge on any atom is 0.261 e. The van der Waals surface area contributed by atoms with Crippen molar-refractivity contribution >= 4 is 5.91 Å². The Morgan fingerprint density at radius 3 is 2.50 bits per heavy atom. The average molecular weight is 297 g/mol. The number of aryl methyl sites for hydroxylation is 2. The quantitative estimate of drug-likeness (QED) is 0.914. The molecule has 0 aliphatic carbocycles. The maximum absolute atomic E-state index is 12.2. The summed E-state index contributed by atoms with van der Waals surface area (Å²) in [6, 6.07) is 13.9. The number of benzene rings is 2. The molecule has 2 rings (SSSR count). The fourth-order valence-corrected chi connectivity index (χ4v) is 2.30. The molecule has 3 heteroatoms. The summed E-state index contributed by atoms with van der Waals surface area (Å²) in [5, 5.41) is 2.90. The van der Waals surface area contributed by atoms with E-state index in [4.69, 9.17) is 4.74 Å². The standard InChI is InChI=1S/C19H23NO2/c1-13-10-14(2)15(3)18(11-13)22-16(4)19(21)20-12-17-8-6-5-7-9-17/h5-11,16H,12H2,1-4H3,(H,20,21)/t16-/m1/s1. The Kier molecular flexibility index (Phi) is 5.21. The van der Waals surface area contributed by atoms with Crippen molar-refractivity contribution in [3.8, 4) is 5.75 Å². The summed E-state index contributed by atoms with van der Waals surface area (Å²) in [6.45, 7) is 8.38. The number of ether oxygens (including phenoxy) is 1. The average Bonchev–Trinajstić information content (AvgIpc) is 2.50. The molecule has 116 valence electrons. The van der Waals surface area contributed by atoms with Gasteiger partial charge >= 0.3 is 0 Å². The Bertz CT molecular complexity index is 650. The van der Waals surface area contributed by atoms with E-state index in [2.05, 4.69) is 18.3 Å². The van der Waals surface area contributed by atoms with Gasteiger partial charge in [-0.1, -0.05) is 36.4 Å². The second kappa shape index (κ2) is 7.12. The Morgan fingerprint density at radius 2 is 1.82 bits per heavy atom. The Morgan fingerprint density at radius 1 is 1.14 bits per heavy atom. The van der Waals surface area contributed by atoms with Gasteiger partial charge in [0.15, 0.2) is 6.10 Å². The zero-order valence-corrected chi connectivity index (χ0v) is 13.6. The van der Waals surface area contributed by atoms with Crippen molar-refractivity contribution in [3.63, 3.8) is 0 Å². The van der Waals surface area contributed by atoms with Crippen LogP contribution in [0.25, 0.3) is 0 Å². The molecular weight excluding hydrogens is 274 g/mol. The number of hydrogen-bond donors (Lipinski definition) is 1. The molecule has 0 fully saturated rings. The number of rotatable bonds is 5. The van der Waals surface area contributed by atoms with E-state index in [1.54, 1.807) is 6.92 Å². The van der Waals surface area contributed by atoms with Crippen LogP contribution in [0.4, 0.5) is 0 Å². The van der Waals surface area contributed by atoms with Crippen molar-refractivity contribution in [3.05, 3.63) is 64.7 Å². The molecule has 0 aromatic heterocycles. The largest absolute Gasteiger partial charge is 0.481 e. The molecule has 3 nitrogen and oxygen atoms in total. The molecule has 0 aliphatic heterocycles. The highest BCUT2D eigenvalue weighted by Gasteiger charge is 2.16. The Balaban J connectivity index is 1.97. The van der Waals surface area contributed by atoms with Crippen LogP contribution in [0.1, 0.15) is 29.2 Å². The molecule has 2 aromatic rings. The molecule has 1 atom stereocenters. The van der Waals surface area contributed by atoms with E-state index < -0.39 is 6.10 Å². The molecule has 1 amide bonds. The van der Waals surface area contributed by atoms with Gasteiger partial charge in [0.2, 0.25) is 0 Å². The molecule has 0 saturated carbocycles. The lowest BCUT2D eigenvalue weighted by Gasteiger charge is -2.18. The van der Waals surface area contributed by atoms with E-state index in [1.165, 1.54) is 5.56 Å². The van der Waals surface area contributed by atoms with Gasteiger partial charge in [0.1, 0.15) is 5.75 Å². The second-order valence-corrected chi connectivity index (χ2v) is 5.67. The van der Waals surface area contributed by atoms with Crippen molar-refractivity contribution in [2.45, 2.75) is 40.3 Å². The first-order valence-corrected chi connectivity index (χ1v) is 7.53. The summed E-state index contributed by atoms with van der Waals surface area (Å²) in [7, 11) is 0. The van der Waals surface area contributed by atoms with Crippen LogP contribution < -0.4 is 10.1 Å². The first kappa shape index (κ1) is 16.1. The van der Waals surface area contributed by atoms with Crippen LogP contribution in [-0.4, -0.2) is 12.0 Å². The van der Waals surface area contributed by atoms with Gasteiger partial charge in [0.25, 0.3) is 5.91 Å². The minimum atomic E-state index is -0.524. The van der Waals surface area contributed by atoms with Gasteiger partial charge in [0.05, 0.1) is 0 Å². The third-order valence-corrected chi connectivity index (χ3v) is 3.75. The fraction of sp³-hybridized carbons (Fsp3) is 0.316. The highest BCUT2D eigenvalue weighted by molar-refractivity contribution is 5.80. The molecule has 0 unspecified atom stereocenters. The minimum absolute atomic E-state index is 0.109. The lowest BCUT2D eigenvalue weighted by atomic mass is 10.1. The van der Waals surface area contributed by atoms with Gasteiger partial charge in [0, 0.05) is 6.54 Å². The molecule has 0 heterocycles. The van der Waals surface area contributed by atoms with Crippen molar-refractivity contribution < 1.29 is 9.53 Å². The highest BCUT2D eigenvalue weighted by Crippen LogP contribution is 2.24. The number of hydrogen-bond acceptors (Lipinski definition) is 2. The SMILES string of the molecule is Cc1cc(C)c(C)c(O[C@H](C)C(=O)NCc2ccccc2)c1. The summed E-state index contributed by atoms with van der Waals surface area (Å²) >= 11 is 0. The van der Waals surface area contributed by atoms with Gasteiger partial charge in [-0.3, -0.25) is 4.79 Å². The molecule has 0 bridgehead atoms. The first-order chi connectivity index (χ1) is 10.5. The zero-order valence-electron chi connectivity index (χ0n) is 13.6. The monoisotopic (exact) mass is 297 g/mol. The summed E-state index contributed by atoms with van der Waals surface area (Å²) in [6.07, 6.45) is -0.524. The predicted molar refractivity (Wildman–Crippen MR) is 89.0 cm³/mol. The van der Waals surface area contributed by atoms with Crippen LogP contribution in [-0.2, 0) is 11.3 Å². The van der Waals surface area contributed by atoms with Crippen LogP contribution in [0.15, 0.2) is 42.5 Å². The number of nitrogens with one attached hydrogen (secondary N) is 1. The number of amides is 1. The summed E-state index contributed by atoms with van der Waals surface area (Å²) < 4.78 is 5.84. The van der Waals surface area contributed by atoms with E-state index in [0.717, 1.165) is 22.4 Å². The summed E-state index contributed by atoms with van der Waals surface area (Å²) in [5.41, 5.74) is 4.46. The molecule has 2 aromatic carbocycles. The van der Waals surface area contributed by atoms with Crippen LogP contribution in [0.5, 0.6) is 5.75 Å². The van der Waals surface area contributed by atoms with E-state index in [0.29, 0.717) is 6.54 Å². The molecule has 22 heavy (non-hydrogen) atoms. The molecule has 0 spiro atoms. The Hall–Kier alpha value is -2.29. The van der Waals surface area contributed by atoms with E-state index >= 15 is 0 Å². The lowest BCUT2D eigenvalue weighted by molar-refractivity contribution is -0.127. The molecular formula is C19H23NO2. The van der Waals surface area contributed by atoms with Crippen LogP contribution in [0, 0.1) is 20.8 Å². The number of carbonyl (C=O) groups excluding carboxylic acids is 1. The van der Waals surface area contributed by atoms with Gasteiger partial charge in [-0.2, -0.15) is 0 Å². The van der Waals surface area contributed by atoms with Crippen LogP contribution in [0.3, 0.4) is 0 Å². The molecule has 1 N–H and O–H groups in total. The van der Waals surface area contributed by atoms with Crippen molar-refractivity contribution in [1.82, 2.24) is 5.32 Å². The lowest BCUT2D eigenvalue weighted by Crippen LogP contribution is -2.36. The van der Waals surface area contributed by atoms with E-state index in [-0.39, 0.29) is 5.91 Å². The van der Waals surface area contributed by atoms with E-state index in [1.807, 2.05) is 50.2 Å². The molecule has 0 saturated heterocycles. The molecule has 0 aliphatic rings. The van der Waals surface area contributed by atoms with Crippen LogP contribution in [0.2, 0.25) is 0 Å². The van der Waals surface area contributed by atoms with Crippen molar-refractivity contribution in [2.75, 3.05) is 0 Å². The van der Waals surface area contributed by atoms with Gasteiger partial charge < -0.3 is 10.1 Å².